The molecule has 0 amide bonds. The van der Waals surface area contributed by atoms with Crippen molar-refractivity contribution in [1.82, 2.24) is 0 Å². The molecule has 2 nitrogen and oxygen atoms in total. The van der Waals surface area contributed by atoms with Gasteiger partial charge in [0.05, 0.1) is 6.26 Å². The third-order valence-corrected chi connectivity index (χ3v) is 1.29. The van der Waals surface area contributed by atoms with Gasteiger partial charge in [0.2, 0.25) is 0 Å². The molecular weight excluding hydrogens is 140 g/mol. The molecular formula is C9H16O2. The molecule has 0 N–H and O–H groups in total. The Morgan fingerprint density at radius 3 is 2.45 bits per heavy atom. The normalized spacial score (nSPS) is 10.8. The molecule has 0 aromatic heterocycles. The van der Waals surface area contributed by atoms with Gasteiger partial charge in [-0.3, -0.25) is 4.79 Å². The molecule has 0 atom stereocenters. The van der Waals surface area contributed by atoms with Crippen molar-refractivity contribution in [2.45, 2.75) is 33.6 Å². The van der Waals surface area contributed by atoms with Crippen LogP contribution < -0.4 is 0 Å². The Kier molecular flexibility index (Phi) is 3.86. The van der Waals surface area contributed by atoms with Gasteiger partial charge in [-0.15, -0.1) is 0 Å². The monoisotopic (exact) mass is 156 g/mol. The lowest BCUT2D eigenvalue weighted by Crippen LogP contribution is -2.09. The Balaban J connectivity index is 3.54. The fourth-order valence-electron chi connectivity index (χ4n) is 0.629. The van der Waals surface area contributed by atoms with Crippen LogP contribution in [-0.2, 0) is 9.53 Å². The smallest absolute Gasteiger partial charge is 0.310 e. The minimum atomic E-state index is -0.199. The first kappa shape index (κ1) is 10.2. The van der Waals surface area contributed by atoms with E-state index in [0.717, 1.165) is 6.42 Å². The number of carbonyl (C=O) groups excluding carboxylic acids is 1. The van der Waals surface area contributed by atoms with Gasteiger partial charge in [-0.1, -0.05) is 27.4 Å². The Bertz CT molecular complexity index is 142. The van der Waals surface area contributed by atoms with E-state index in [1.807, 2.05) is 0 Å². The van der Waals surface area contributed by atoms with E-state index in [1.165, 1.54) is 6.26 Å². The average molecular weight is 156 g/mol. The van der Waals surface area contributed by atoms with Crippen molar-refractivity contribution in [3.05, 3.63) is 12.8 Å². The lowest BCUT2D eigenvalue weighted by molar-refractivity contribution is -0.138. The van der Waals surface area contributed by atoms with Crippen LogP contribution in [0.4, 0.5) is 0 Å². The second kappa shape index (κ2) is 4.16. The van der Waals surface area contributed by atoms with Crippen molar-refractivity contribution < 1.29 is 9.53 Å². The summed E-state index contributed by atoms with van der Waals surface area (Å²) in [6, 6.07) is 0. The zero-order chi connectivity index (χ0) is 8.91. The first-order valence-electron chi connectivity index (χ1n) is 3.76. The minimum Gasteiger partial charge on any atom is -0.435 e. The highest BCUT2D eigenvalue weighted by molar-refractivity contribution is 5.69. The summed E-state index contributed by atoms with van der Waals surface area (Å²) in [5, 5.41) is 0. The topological polar surface area (TPSA) is 26.3 Å². The van der Waals surface area contributed by atoms with Crippen molar-refractivity contribution in [2.24, 2.45) is 5.41 Å². The zero-order valence-corrected chi connectivity index (χ0v) is 7.52. The number of carbonyl (C=O) groups is 1. The van der Waals surface area contributed by atoms with Crippen molar-refractivity contribution in [3.8, 4) is 0 Å². The van der Waals surface area contributed by atoms with Crippen LogP contribution in [0.25, 0.3) is 0 Å². The van der Waals surface area contributed by atoms with Gasteiger partial charge < -0.3 is 4.74 Å². The molecule has 11 heavy (non-hydrogen) atoms. The van der Waals surface area contributed by atoms with Crippen LogP contribution in [-0.4, -0.2) is 5.97 Å². The minimum absolute atomic E-state index is 0.195. The Morgan fingerprint density at radius 1 is 1.55 bits per heavy atom. The number of esters is 1. The molecule has 2 heteroatoms. The van der Waals surface area contributed by atoms with Crippen LogP contribution in [0.1, 0.15) is 33.6 Å². The molecule has 0 spiro atoms. The molecule has 0 unspecified atom stereocenters. The number of rotatable bonds is 3. The lowest BCUT2D eigenvalue weighted by atomic mass is 9.91. The molecule has 0 bridgehead atoms. The van der Waals surface area contributed by atoms with E-state index in [4.69, 9.17) is 0 Å². The summed E-state index contributed by atoms with van der Waals surface area (Å²) in [6.07, 6.45) is 2.49. The zero-order valence-electron chi connectivity index (χ0n) is 7.52. The number of hydrogen-bond acceptors (Lipinski definition) is 2. The fourth-order valence-corrected chi connectivity index (χ4v) is 0.629. The standard InChI is InChI=1S/C9H16O2/c1-5-11-8(10)6-7-9(2,3)4/h5H,1,6-7H2,2-4H3. The highest BCUT2D eigenvalue weighted by atomic mass is 16.5. The molecule has 0 aliphatic carbocycles. The number of hydrogen-bond donors (Lipinski definition) is 0. The Hall–Kier alpha value is -0.790. The van der Waals surface area contributed by atoms with Crippen molar-refractivity contribution in [2.75, 3.05) is 0 Å². The van der Waals surface area contributed by atoms with Crippen LogP contribution in [0.2, 0.25) is 0 Å². The molecule has 0 aliphatic heterocycles. The van der Waals surface area contributed by atoms with Gasteiger partial charge in [-0.25, -0.2) is 0 Å². The van der Waals surface area contributed by atoms with E-state index >= 15 is 0 Å². The SMILES string of the molecule is C=COC(=O)CCC(C)(C)C. The predicted molar refractivity (Wildman–Crippen MR) is 45.0 cm³/mol. The van der Waals surface area contributed by atoms with Gasteiger partial charge in [0, 0.05) is 6.42 Å². The van der Waals surface area contributed by atoms with Gasteiger partial charge in [-0.2, -0.15) is 0 Å². The Labute approximate surface area is 68.2 Å². The van der Waals surface area contributed by atoms with E-state index in [-0.39, 0.29) is 11.4 Å². The summed E-state index contributed by atoms with van der Waals surface area (Å²) in [5.41, 5.74) is 0.195. The maximum absolute atomic E-state index is 10.8. The van der Waals surface area contributed by atoms with Gasteiger partial charge in [0.1, 0.15) is 0 Å². The van der Waals surface area contributed by atoms with Gasteiger partial charge in [-0.05, 0) is 11.8 Å². The van der Waals surface area contributed by atoms with Crippen LogP contribution in [0.3, 0.4) is 0 Å². The summed E-state index contributed by atoms with van der Waals surface area (Å²) >= 11 is 0. The molecule has 0 saturated heterocycles. The molecule has 0 aliphatic rings. The fraction of sp³-hybridized carbons (Fsp3) is 0.667. The van der Waals surface area contributed by atoms with E-state index in [9.17, 15) is 4.79 Å². The number of ether oxygens (including phenoxy) is 1. The molecule has 0 heterocycles. The van der Waals surface area contributed by atoms with Gasteiger partial charge in [0.15, 0.2) is 0 Å². The lowest BCUT2D eigenvalue weighted by Gasteiger charge is -2.16. The highest BCUT2D eigenvalue weighted by Gasteiger charge is 2.12. The maximum atomic E-state index is 10.8. The van der Waals surface area contributed by atoms with Crippen molar-refractivity contribution in [3.63, 3.8) is 0 Å². The summed E-state index contributed by atoms with van der Waals surface area (Å²) in [4.78, 5) is 10.8. The molecule has 0 aromatic rings. The first-order chi connectivity index (χ1) is 4.95. The Morgan fingerprint density at radius 2 is 2.09 bits per heavy atom. The van der Waals surface area contributed by atoms with E-state index in [0.29, 0.717) is 6.42 Å². The molecule has 0 fully saturated rings. The second-order valence-corrected chi connectivity index (χ2v) is 3.72. The summed E-state index contributed by atoms with van der Waals surface area (Å²) in [6.45, 7) is 9.58. The van der Waals surface area contributed by atoms with Crippen molar-refractivity contribution >= 4 is 5.97 Å². The van der Waals surface area contributed by atoms with Crippen LogP contribution in [0.15, 0.2) is 12.8 Å². The van der Waals surface area contributed by atoms with Crippen molar-refractivity contribution in [1.29, 1.82) is 0 Å². The molecule has 64 valence electrons. The van der Waals surface area contributed by atoms with Gasteiger partial charge >= 0.3 is 5.97 Å². The first-order valence-corrected chi connectivity index (χ1v) is 3.76. The summed E-state index contributed by atoms with van der Waals surface area (Å²) in [5.74, 6) is -0.199. The van der Waals surface area contributed by atoms with Crippen LogP contribution >= 0.6 is 0 Å². The second-order valence-electron chi connectivity index (χ2n) is 3.72. The molecule has 0 rings (SSSR count). The average Bonchev–Trinajstić information content (AvgIpc) is 1.83. The van der Waals surface area contributed by atoms with E-state index in [1.54, 1.807) is 0 Å². The van der Waals surface area contributed by atoms with Crippen LogP contribution in [0.5, 0.6) is 0 Å². The molecule has 0 radical (unpaired) electrons. The largest absolute Gasteiger partial charge is 0.435 e. The highest BCUT2D eigenvalue weighted by Crippen LogP contribution is 2.20. The maximum Gasteiger partial charge on any atom is 0.310 e. The van der Waals surface area contributed by atoms with E-state index in [2.05, 4.69) is 32.1 Å². The third-order valence-electron chi connectivity index (χ3n) is 1.29. The van der Waals surface area contributed by atoms with Crippen LogP contribution in [0, 0.1) is 5.41 Å². The quantitative estimate of drug-likeness (QED) is 0.463. The summed E-state index contributed by atoms with van der Waals surface area (Å²) in [7, 11) is 0. The third kappa shape index (κ3) is 7.10. The molecule has 0 saturated carbocycles. The van der Waals surface area contributed by atoms with Gasteiger partial charge in [0.25, 0.3) is 0 Å². The predicted octanol–water partition coefficient (Wildman–Crippen LogP) is 2.50. The van der Waals surface area contributed by atoms with E-state index < -0.39 is 0 Å². The summed E-state index contributed by atoms with van der Waals surface area (Å²) < 4.78 is 4.56. The molecule has 0 aromatic carbocycles.